The summed E-state index contributed by atoms with van der Waals surface area (Å²) in [7, 11) is 0. The number of aliphatic hydroxyl groups is 1. The molecule has 2 N–H and O–H groups in total. The Labute approximate surface area is 121 Å². The van der Waals surface area contributed by atoms with Gasteiger partial charge in [-0.05, 0) is 42.3 Å². The number of amides is 1. The van der Waals surface area contributed by atoms with Crippen molar-refractivity contribution in [2.45, 2.75) is 25.4 Å². The van der Waals surface area contributed by atoms with Gasteiger partial charge in [0.2, 0.25) is 5.91 Å². The summed E-state index contributed by atoms with van der Waals surface area (Å²) in [4.78, 5) is 11.6. The Hall–Kier alpha value is -1.59. The molecule has 0 aromatic carbocycles. The monoisotopic (exact) mass is 291 g/mol. The largest absolute Gasteiger partial charge is 0.458 e. The van der Waals surface area contributed by atoms with Crippen LogP contribution in [0.1, 0.15) is 31.1 Å². The summed E-state index contributed by atoms with van der Waals surface area (Å²) in [5.74, 6) is 1.79. The molecule has 106 valence electrons. The van der Waals surface area contributed by atoms with Crippen LogP contribution >= 0.6 is 11.3 Å². The smallest absolute Gasteiger partial charge is 0.220 e. The van der Waals surface area contributed by atoms with Gasteiger partial charge in [0.15, 0.2) is 0 Å². The normalized spacial score (nSPS) is 16.1. The molecule has 1 fully saturated rings. The molecule has 1 atom stereocenters. The van der Waals surface area contributed by atoms with Gasteiger partial charge in [-0.3, -0.25) is 4.79 Å². The summed E-state index contributed by atoms with van der Waals surface area (Å²) in [6.45, 7) is 0.197. The molecule has 2 aromatic rings. The van der Waals surface area contributed by atoms with Crippen LogP contribution in [0.2, 0.25) is 0 Å². The molecule has 1 amide bonds. The maximum absolute atomic E-state index is 11.6. The lowest BCUT2D eigenvalue weighted by atomic mass is 10.2. The second-order valence-electron chi connectivity index (χ2n) is 5.18. The number of furan rings is 1. The highest BCUT2D eigenvalue weighted by Crippen LogP contribution is 2.32. The Morgan fingerprint density at radius 1 is 1.45 bits per heavy atom. The number of carbonyl (C=O) groups is 1. The molecule has 0 saturated heterocycles. The Balaban J connectivity index is 1.54. The average Bonchev–Trinajstić information content (AvgIpc) is 2.97. The van der Waals surface area contributed by atoms with Crippen LogP contribution in [0.15, 0.2) is 33.4 Å². The van der Waals surface area contributed by atoms with Gasteiger partial charge in [-0.1, -0.05) is 0 Å². The summed E-state index contributed by atoms with van der Waals surface area (Å²) < 4.78 is 5.62. The van der Waals surface area contributed by atoms with E-state index in [4.69, 9.17) is 4.42 Å². The first-order valence-electron chi connectivity index (χ1n) is 6.79. The van der Waals surface area contributed by atoms with Gasteiger partial charge in [0, 0.05) is 17.4 Å². The van der Waals surface area contributed by atoms with Crippen LogP contribution in [0.25, 0.3) is 11.3 Å². The zero-order valence-electron chi connectivity index (χ0n) is 11.0. The molecule has 1 aliphatic carbocycles. The van der Waals surface area contributed by atoms with Crippen LogP contribution < -0.4 is 5.32 Å². The average molecular weight is 291 g/mol. The molecule has 1 aliphatic rings. The standard InChI is InChI=1S/C15H17NO3S/c17-12(8-16-15(18)7-10-1-2-10)14-4-3-13(19-14)11-5-6-20-9-11/h3-6,9-10,12,17H,1-2,7-8H2,(H,16,18)/t12-/m1/s1. The van der Waals surface area contributed by atoms with E-state index in [1.807, 2.05) is 22.9 Å². The summed E-state index contributed by atoms with van der Waals surface area (Å²) in [5, 5.41) is 16.7. The zero-order valence-corrected chi connectivity index (χ0v) is 11.9. The molecule has 0 bridgehead atoms. The molecule has 0 spiro atoms. The van der Waals surface area contributed by atoms with Crippen LogP contribution in [0.4, 0.5) is 0 Å². The lowest BCUT2D eigenvalue weighted by Gasteiger charge is -2.09. The topological polar surface area (TPSA) is 62.5 Å². The number of hydrogen-bond donors (Lipinski definition) is 2. The van der Waals surface area contributed by atoms with E-state index in [1.165, 1.54) is 0 Å². The molecule has 0 unspecified atom stereocenters. The number of carbonyl (C=O) groups excluding carboxylic acids is 1. The molecular weight excluding hydrogens is 274 g/mol. The molecular formula is C15H17NO3S. The Morgan fingerprint density at radius 2 is 2.30 bits per heavy atom. The highest BCUT2D eigenvalue weighted by Gasteiger charge is 2.24. The Morgan fingerprint density at radius 3 is 3.00 bits per heavy atom. The summed E-state index contributed by atoms with van der Waals surface area (Å²) in [5.41, 5.74) is 1.01. The summed E-state index contributed by atoms with van der Waals surface area (Å²) in [6, 6.07) is 5.56. The predicted molar refractivity (Wildman–Crippen MR) is 77.3 cm³/mol. The molecule has 2 heterocycles. The van der Waals surface area contributed by atoms with Gasteiger partial charge in [0.1, 0.15) is 17.6 Å². The molecule has 5 heteroatoms. The molecule has 0 aliphatic heterocycles. The fraction of sp³-hybridized carbons (Fsp3) is 0.400. The molecule has 1 saturated carbocycles. The van der Waals surface area contributed by atoms with Crippen molar-refractivity contribution < 1.29 is 14.3 Å². The fourth-order valence-corrected chi connectivity index (χ4v) is 2.70. The van der Waals surface area contributed by atoms with Gasteiger partial charge in [-0.15, -0.1) is 0 Å². The highest BCUT2D eigenvalue weighted by molar-refractivity contribution is 7.08. The third kappa shape index (κ3) is 3.29. The first-order valence-corrected chi connectivity index (χ1v) is 7.73. The third-order valence-electron chi connectivity index (χ3n) is 3.42. The van der Waals surface area contributed by atoms with Gasteiger partial charge in [0.05, 0.1) is 6.54 Å². The second-order valence-corrected chi connectivity index (χ2v) is 5.96. The number of hydrogen-bond acceptors (Lipinski definition) is 4. The Kier molecular flexibility index (Phi) is 3.89. The van der Waals surface area contributed by atoms with E-state index in [0.29, 0.717) is 18.1 Å². The number of rotatable bonds is 6. The van der Waals surface area contributed by atoms with Crippen LogP contribution in [0.3, 0.4) is 0 Å². The SMILES string of the molecule is O=C(CC1CC1)NC[C@@H](O)c1ccc(-c2ccsc2)o1. The minimum Gasteiger partial charge on any atom is -0.458 e. The minimum atomic E-state index is -0.800. The number of nitrogens with one attached hydrogen (secondary N) is 1. The molecule has 2 aromatic heterocycles. The van der Waals surface area contributed by atoms with Crippen LogP contribution in [0, 0.1) is 5.92 Å². The van der Waals surface area contributed by atoms with Crippen molar-refractivity contribution in [2.24, 2.45) is 5.92 Å². The Bertz CT molecular complexity index is 572. The summed E-state index contributed by atoms with van der Waals surface area (Å²) in [6.07, 6.45) is 2.08. The van der Waals surface area contributed by atoms with E-state index in [2.05, 4.69) is 5.32 Å². The maximum Gasteiger partial charge on any atom is 0.220 e. The van der Waals surface area contributed by atoms with E-state index >= 15 is 0 Å². The van der Waals surface area contributed by atoms with Crippen molar-refractivity contribution in [3.05, 3.63) is 34.7 Å². The van der Waals surface area contributed by atoms with E-state index in [1.54, 1.807) is 17.4 Å². The lowest BCUT2D eigenvalue weighted by molar-refractivity contribution is -0.121. The van der Waals surface area contributed by atoms with Crippen molar-refractivity contribution in [1.29, 1.82) is 0 Å². The zero-order chi connectivity index (χ0) is 13.9. The number of aliphatic hydroxyl groups excluding tert-OH is 1. The quantitative estimate of drug-likeness (QED) is 0.860. The van der Waals surface area contributed by atoms with Gasteiger partial charge in [0.25, 0.3) is 0 Å². The van der Waals surface area contributed by atoms with Crippen molar-refractivity contribution in [1.82, 2.24) is 5.32 Å². The predicted octanol–water partition coefficient (Wildman–Crippen LogP) is 2.96. The summed E-state index contributed by atoms with van der Waals surface area (Å²) >= 11 is 1.60. The fourth-order valence-electron chi connectivity index (χ4n) is 2.06. The minimum absolute atomic E-state index is 0.0103. The van der Waals surface area contributed by atoms with E-state index in [9.17, 15) is 9.90 Å². The van der Waals surface area contributed by atoms with E-state index < -0.39 is 6.10 Å². The van der Waals surface area contributed by atoms with Crippen molar-refractivity contribution in [3.8, 4) is 11.3 Å². The second kappa shape index (κ2) is 5.81. The van der Waals surface area contributed by atoms with Crippen molar-refractivity contribution in [2.75, 3.05) is 6.54 Å². The molecule has 0 radical (unpaired) electrons. The van der Waals surface area contributed by atoms with Crippen molar-refractivity contribution in [3.63, 3.8) is 0 Å². The van der Waals surface area contributed by atoms with Gasteiger partial charge in [-0.25, -0.2) is 0 Å². The molecule has 4 nitrogen and oxygen atoms in total. The van der Waals surface area contributed by atoms with Crippen LogP contribution in [0.5, 0.6) is 0 Å². The van der Waals surface area contributed by atoms with E-state index in [0.717, 1.165) is 24.2 Å². The lowest BCUT2D eigenvalue weighted by Crippen LogP contribution is -2.28. The molecule has 3 rings (SSSR count). The van der Waals surface area contributed by atoms with Crippen molar-refractivity contribution >= 4 is 17.2 Å². The van der Waals surface area contributed by atoms with Crippen LogP contribution in [-0.4, -0.2) is 17.6 Å². The maximum atomic E-state index is 11.6. The molecule has 20 heavy (non-hydrogen) atoms. The van der Waals surface area contributed by atoms with E-state index in [-0.39, 0.29) is 12.5 Å². The number of thiophene rings is 1. The van der Waals surface area contributed by atoms with Crippen LogP contribution in [-0.2, 0) is 4.79 Å². The van der Waals surface area contributed by atoms with Gasteiger partial charge in [-0.2, -0.15) is 11.3 Å². The first-order chi connectivity index (χ1) is 9.72. The highest BCUT2D eigenvalue weighted by atomic mass is 32.1. The van der Waals surface area contributed by atoms with Gasteiger partial charge >= 0.3 is 0 Å². The first kappa shape index (κ1) is 13.4. The van der Waals surface area contributed by atoms with Gasteiger partial charge < -0.3 is 14.8 Å². The third-order valence-corrected chi connectivity index (χ3v) is 4.11.